The van der Waals surface area contributed by atoms with E-state index in [1.807, 2.05) is 0 Å². The number of hydrogen-bond acceptors (Lipinski definition) is 4. The van der Waals surface area contributed by atoms with Gasteiger partial charge in [0.15, 0.2) is 5.78 Å². The average molecular weight is 144 g/mol. The molecule has 0 aromatic heterocycles. The standard InChI is InChI=1S/C5H9BO4/c1-2-5(7)3-4-10-6(8)9/h2,8-9H,1,3-4H2. The quantitative estimate of drug-likeness (QED) is 0.388. The van der Waals surface area contributed by atoms with Gasteiger partial charge in [-0.25, -0.2) is 0 Å². The van der Waals surface area contributed by atoms with Gasteiger partial charge in [-0.1, -0.05) is 6.58 Å². The summed E-state index contributed by atoms with van der Waals surface area (Å²) in [5, 5.41) is 16.3. The normalized spacial score (nSPS) is 9.00. The summed E-state index contributed by atoms with van der Waals surface area (Å²) in [4.78, 5) is 10.4. The summed E-state index contributed by atoms with van der Waals surface area (Å²) in [7, 11) is -1.79. The van der Waals surface area contributed by atoms with E-state index in [9.17, 15) is 4.79 Å². The zero-order chi connectivity index (χ0) is 7.98. The van der Waals surface area contributed by atoms with E-state index in [-0.39, 0.29) is 18.8 Å². The monoisotopic (exact) mass is 144 g/mol. The Morgan fingerprint density at radius 3 is 2.70 bits per heavy atom. The molecule has 0 aromatic carbocycles. The van der Waals surface area contributed by atoms with Crippen LogP contribution in [0.1, 0.15) is 6.42 Å². The molecular formula is C5H9BO4. The van der Waals surface area contributed by atoms with Gasteiger partial charge >= 0.3 is 7.32 Å². The first-order valence-corrected chi connectivity index (χ1v) is 2.80. The van der Waals surface area contributed by atoms with Crippen LogP contribution in [0.4, 0.5) is 0 Å². The highest BCUT2D eigenvalue weighted by Gasteiger charge is 2.07. The second-order valence-electron chi connectivity index (χ2n) is 1.62. The zero-order valence-electron chi connectivity index (χ0n) is 5.49. The molecule has 0 radical (unpaired) electrons. The summed E-state index contributed by atoms with van der Waals surface area (Å²) in [6, 6.07) is 0. The van der Waals surface area contributed by atoms with Crippen molar-refractivity contribution in [1.29, 1.82) is 0 Å². The molecule has 0 saturated heterocycles. The third kappa shape index (κ3) is 5.49. The molecule has 0 aliphatic heterocycles. The molecule has 0 spiro atoms. The Balaban J connectivity index is 3.19. The lowest BCUT2D eigenvalue weighted by Crippen LogP contribution is -2.18. The molecule has 0 fully saturated rings. The largest absolute Gasteiger partial charge is 0.633 e. The van der Waals surface area contributed by atoms with Crippen LogP contribution in [-0.2, 0) is 9.45 Å². The lowest BCUT2D eigenvalue weighted by Gasteiger charge is -1.97. The third-order valence-corrected chi connectivity index (χ3v) is 0.843. The Kier molecular flexibility index (Phi) is 4.83. The Bertz CT molecular complexity index is 123. The zero-order valence-corrected chi connectivity index (χ0v) is 5.49. The summed E-state index contributed by atoms with van der Waals surface area (Å²) in [6.07, 6.45) is 1.29. The van der Waals surface area contributed by atoms with Gasteiger partial charge < -0.3 is 14.7 Å². The van der Waals surface area contributed by atoms with Crippen LogP contribution in [0.2, 0.25) is 0 Å². The highest BCUT2D eigenvalue weighted by Crippen LogP contribution is 1.86. The maximum Gasteiger partial charge on any atom is 0.633 e. The van der Waals surface area contributed by atoms with E-state index < -0.39 is 7.32 Å². The first-order valence-electron chi connectivity index (χ1n) is 2.80. The van der Waals surface area contributed by atoms with Gasteiger partial charge in [-0.15, -0.1) is 0 Å². The van der Waals surface area contributed by atoms with Gasteiger partial charge in [0.1, 0.15) is 0 Å². The van der Waals surface area contributed by atoms with Crippen molar-refractivity contribution < 1.29 is 19.5 Å². The number of rotatable bonds is 5. The fraction of sp³-hybridized carbons (Fsp3) is 0.400. The molecule has 56 valence electrons. The molecule has 10 heavy (non-hydrogen) atoms. The molecular weight excluding hydrogens is 135 g/mol. The Morgan fingerprint density at radius 1 is 1.70 bits per heavy atom. The molecule has 0 aromatic rings. The molecule has 0 heterocycles. The van der Waals surface area contributed by atoms with Crippen LogP contribution in [-0.4, -0.2) is 29.8 Å². The number of allylic oxidation sites excluding steroid dienone is 1. The van der Waals surface area contributed by atoms with Crippen LogP contribution in [0.15, 0.2) is 12.7 Å². The molecule has 2 N–H and O–H groups in total. The molecule has 0 aliphatic carbocycles. The smallest absolute Gasteiger partial charge is 0.402 e. The molecule has 0 unspecified atom stereocenters. The summed E-state index contributed by atoms with van der Waals surface area (Å²) < 4.78 is 4.26. The average Bonchev–Trinajstić information content (AvgIpc) is 1.87. The highest BCUT2D eigenvalue weighted by atomic mass is 16.6. The van der Waals surface area contributed by atoms with Gasteiger partial charge in [-0.2, -0.15) is 0 Å². The van der Waals surface area contributed by atoms with Crippen molar-refractivity contribution in [3.8, 4) is 0 Å². The highest BCUT2D eigenvalue weighted by molar-refractivity contribution is 6.32. The van der Waals surface area contributed by atoms with Gasteiger partial charge in [0.25, 0.3) is 0 Å². The van der Waals surface area contributed by atoms with E-state index in [2.05, 4.69) is 11.2 Å². The Labute approximate surface area is 59.3 Å². The van der Waals surface area contributed by atoms with E-state index in [1.54, 1.807) is 0 Å². The van der Waals surface area contributed by atoms with Gasteiger partial charge in [0.2, 0.25) is 0 Å². The molecule has 0 amide bonds. The maximum absolute atomic E-state index is 10.4. The fourth-order valence-electron chi connectivity index (χ4n) is 0.367. The first kappa shape index (κ1) is 9.35. The van der Waals surface area contributed by atoms with Crippen molar-refractivity contribution in [2.75, 3.05) is 6.61 Å². The molecule has 0 bridgehead atoms. The number of carbonyl (C=O) groups excluding carboxylic acids is 1. The van der Waals surface area contributed by atoms with E-state index >= 15 is 0 Å². The first-order chi connectivity index (χ1) is 4.66. The minimum Gasteiger partial charge on any atom is -0.402 e. The topological polar surface area (TPSA) is 66.8 Å². The molecule has 0 rings (SSSR count). The van der Waals surface area contributed by atoms with Gasteiger partial charge in [-0.05, 0) is 6.08 Å². The number of ketones is 1. The predicted octanol–water partition coefficient (Wildman–Crippen LogP) is -0.882. The second-order valence-corrected chi connectivity index (χ2v) is 1.62. The van der Waals surface area contributed by atoms with Crippen LogP contribution in [0.5, 0.6) is 0 Å². The predicted molar refractivity (Wildman–Crippen MR) is 36.0 cm³/mol. The van der Waals surface area contributed by atoms with Crippen LogP contribution < -0.4 is 0 Å². The van der Waals surface area contributed by atoms with Gasteiger partial charge in [0, 0.05) is 13.0 Å². The maximum atomic E-state index is 10.4. The lowest BCUT2D eigenvalue weighted by atomic mass is 10.2. The molecule has 4 nitrogen and oxygen atoms in total. The van der Waals surface area contributed by atoms with Crippen LogP contribution in [0.25, 0.3) is 0 Å². The van der Waals surface area contributed by atoms with Crippen molar-refractivity contribution >= 4 is 13.1 Å². The van der Waals surface area contributed by atoms with Crippen LogP contribution in [0.3, 0.4) is 0 Å². The fourth-order valence-corrected chi connectivity index (χ4v) is 0.367. The minimum absolute atomic E-state index is 0.00250. The molecule has 0 atom stereocenters. The Morgan fingerprint density at radius 2 is 2.30 bits per heavy atom. The number of hydrogen-bond donors (Lipinski definition) is 2. The van der Waals surface area contributed by atoms with Crippen molar-refractivity contribution in [3.05, 3.63) is 12.7 Å². The van der Waals surface area contributed by atoms with E-state index in [0.717, 1.165) is 6.08 Å². The van der Waals surface area contributed by atoms with Gasteiger partial charge in [0.05, 0.1) is 0 Å². The van der Waals surface area contributed by atoms with Crippen LogP contribution in [0, 0.1) is 0 Å². The van der Waals surface area contributed by atoms with Crippen LogP contribution >= 0.6 is 0 Å². The number of carbonyl (C=O) groups is 1. The van der Waals surface area contributed by atoms with Crippen molar-refractivity contribution in [3.63, 3.8) is 0 Å². The van der Waals surface area contributed by atoms with E-state index in [4.69, 9.17) is 10.0 Å². The summed E-state index contributed by atoms with van der Waals surface area (Å²) >= 11 is 0. The summed E-state index contributed by atoms with van der Waals surface area (Å²) in [6.45, 7) is 3.23. The SMILES string of the molecule is C=CC(=O)CCOB(O)O. The van der Waals surface area contributed by atoms with E-state index in [1.165, 1.54) is 0 Å². The summed E-state index contributed by atoms with van der Waals surface area (Å²) in [5.41, 5.74) is 0. The van der Waals surface area contributed by atoms with Crippen molar-refractivity contribution in [2.45, 2.75) is 6.42 Å². The molecule has 0 aliphatic rings. The molecule has 0 saturated carbocycles. The minimum atomic E-state index is -1.79. The van der Waals surface area contributed by atoms with Crippen molar-refractivity contribution in [2.24, 2.45) is 0 Å². The van der Waals surface area contributed by atoms with Gasteiger partial charge in [-0.3, -0.25) is 4.79 Å². The Hall–Kier alpha value is -0.645. The summed E-state index contributed by atoms with van der Waals surface area (Å²) in [5.74, 6) is -0.180. The third-order valence-electron chi connectivity index (χ3n) is 0.843. The van der Waals surface area contributed by atoms with E-state index in [0.29, 0.717) is 0 Å². The van der Waals surface area contributed by atoms with Crippen molar-refractivity contribution in [1.82, 2.24) is 0 Å². The lowest BCUT2D eigenvalue weighted by molar-refractivity contribution is -0.115. The second kappa shape index (κ2) is 5.16. The molecule has 5 heteroatoms.